The van der Waals surface area contributed by atoms with Crippen LogP contribution in [0.3, 0.4) is 0 Å². The molecular formula is C10H11FO4S. The maximum atomic E-state index is 13.2. The van der Waals surface area contributed by atoms with E-state index in [0.717, 1.165) is 18.2 Å². The Labute approximate surface area is 92.6 Å². The van der Waals surface area contributed by atoms with Gasteiger partial charge in [-0.3, -0.25) is 0 Å². The van der Waals surface area contributed by atoms with Crippen molar-refractivity contribution in [3.8, 4) is 0 Å². The Bertz CT molecular complexity index is 508. The molecular weight excluding hydrogens is 235 g/mol. The molecule has 1 N–H and O–H groups in total. The van der Waals surface area contributed by atoms with Crippen LogP contribution in [0.25, 0.3) is 0 Å². The quantitative estimate of drug-likeness (QED) is 0.873. The van der Waals surface area contributed by atoms with Crippen molar-refractivity contribution in [1.82, 2.24) is 0 Å². The van der Waals surface area contributed by atoms with Crippen molar-refractivity contribution >= 4 is 15.8 Å². The van der Waals surface area contributed by atoms with Crippen LogP contribution in [0.4, 0.5) is 4.39 Å². The summed E-state index contributed by atoms with van der Waals surface area (Å²) in [5, 5.41) is 8.68. The fourth-order valence-corrected chi connectivity index (χ4v) is 2.06. The van der Waals surface area contributed by atoms with E-state index < -0.39 is 27.4 Å². The second-order valence-corrected chi connectivity index (χ2v) is 5.64. The van der Waals surface area contributed by atoms with Gasteiger partial charge in [0.15, 0.2) is 9.84 Å². The van der Waals surface area contributed by atoms with E-state index >= 15 is 0 Å². The average molecular weight is 246 g/mol. The van der Waals surface area contributed by atoms with Gasteiger partial charge in [-0.05, 0) is 18.2 Å². The monoisotopic (exact) mass is 246 g/mol. The summed E-state index contributed by atoms with van der Waals surface area (Å²) in [6, 6.07) is 3.11. The van der Waals surface area contributed by atoms with Crippen molar-refractivity contribution in [2.45, 2.75) is 12.7 Å². The first kappa shape index (κ1) is 12.6. The zero-order valence-corrected chi connectivity index (χ0v) is 9.42. The molecule has 16 heavy (non-hydrogen) atoms. The first-order valence-electron chi connectivity index (χ1n) is 4.58. The number of rotatable bonds is 4. The normalized spacial score (nSPS) is 11.4. The largest absolute Gasteiger partial charge is 0.478 e. The van der Waals surface area contributed by atoms with E-state index in [1.807, 2.05) is 0 Å². The molecule has 0 spiro atoms. The molecule has 0 radical (unpaired) electrons. The van der Waals surface area contributed by atoms with Crippen LogP contribution in [0.15, 0.2) is 18.2 Å². The van der Waals surface area contributed by atoms with Gasteiger partial charge in [-0.2, -0.15) is 0 Å². The van der Waals surface area contributed by atoms with Gasteiger partial charge in [0.1, 0.15) is 5.82 Å². The third kappa shape index (κ3) is 3.03. The number of hydrogen-bond donors (Lipinski definition) is 1. The SMILES string of the molecule is CCS(=O)(=O)Cc1cc(C(=O)O)ccc1F. The van der Waals surface area contributed by atoms with Crippen LogP contribution in [0.1, 0.15) is 22.8 Å². The van der Waals surface area contributed by atoms with Crippen LogP contribution in [0.5, 0.6) is 0 Å². The average Bonchev–Trinajstić information content (AvgIpc) is 2.21. The summed E-state index contributed by atoms with van der Waals surface area (Å²) < 4.78 is 35.8. The molecule has 88 valence electrons. The Morgan fingerprint density at radius 1 is 1.44 bits per heavy atom. The molecule has 1 aromatic rings. The van der Waals surface area contributed by atoms with Crippen LogP contribution >= 0.6 is 0 Å². The van der Waals surface area contributed by atoms with Gasteiger partial charge < -0.3 is 5.11 Å². The molecule has 0 aliphatic heterocycles. The van der Waals surface area contributed by atoms with Crippen molar-refractivity contribution in [3.63, 3.8) is 0 Å². The molecule has 4 nitrogen and oxygen atoms in total. The first-order chi connectivity index (χ1) is 7.35. The number of carboxylic acid groups (broad SMARTS) is 1. The molecule has 0 saturated carbocycles. The molecule has 0 heterocycles. The van der Waals surface area contributed by atoms with Gasteiger partial charge in [-0.1, -0.05) is 6.92 Å². The molecule has 0 amide bonds. The molecule has 0 saturated heterocycles. The second-order valence-electron chi connectivity index (χ2n) is 3.29. The Morgan fingerprint density at radius 2 is 2.06 bits per heavy atom. The molecule has 1 rings (SSSR count). The summed E-state index contributed by atoms with van der Waals surface area (Å²) >= 11 is 0. The number of sulfone groups is 1. The van der Waals surface area contributed by atoms with E-state index in [-0.39, 0.29) is 16.9 Å². The van der Waals surface area contributed by atoms with Crippen molar-refractivity contribution < 1.29 is 22.7 Å². The summed E-state index contributed by atoms with van der Waals surface area (Å²) in [7, 11) is -3.37. The van der Waals surface area contributed by atoms with E-state index in [2.05, 4.69) is 0 Å². The van der Waals surface area contributed by atoms with E-state index in [1.165, 1.54) is 6.92 Å². The molecule has 1 aromatic carbocycles. The van der Waals surface area contributed by atoms with Crippen molar-refractivity contribution in [2.24, 2.45) is 0 Å². The summed E-state index contributed by atoms with van der Waals surface area (Å²) in [5.41, 5.74) is -0.232. The lowest BCUT2D eigenvalue weighted by molar-refractivity contribution is 0.0696. The highest BCUT2D eigenvalue weighted by atomic mass is 32.2. The van der Waals surface area contributed by atoms with Gasteiger partial charge >= 0.3 is 5.97 Å². The lowest BCUT2D eigenvalue weighted by Crippen LogP contribution is -2.09. The molecule has 0 aromatic heterocycles. The molecule has 0 aliphatic carbocycles. The zero-order chi connectivity index (χ0) is 12.3. The molecule has 0 fully saturated rings. The van der Waals surface area contributed by atoms with Crippen LogP contribution in [0.2, 0.25) is 0 Å². The lowest BCUT2D eigenvalue weighted by atomic mass is 10.1. The molecule has 0 unspecified atom stereocenters. The lowest BCUT2D eigenvalue weighted by Gasteiger charge is -2.04. The molecule has 0 aliphatic rings. The fourth-order valence-electron chi connectivity index (χ4n) is 1.16. The number of carboxylic acids is 1. The summed E-state index contributed by atoms with van der Waals surface area (Å²) in [6.45, 7) is 1.45. The number of carbonyl (C=O) groups is 1. The predicted octanol–water partition coefficient (Wildman–Crippen LogP) is 1.46. The minimum Gasteiger partial charge on any atom is -0.478 e. The van der Waals surface area contributed by atoms with E-state index in [1.54, 1.807) is 0 Å². The smallest absolute Gasteiger partial charge is 0.335 e. The summed E-state index contributed by atoms with van der Waals surface area (Å²) in [4.78, 5) is 10.6. The van der Waals surface area contributed by atoms with Gasteiger partial charge in [-0.15, -0.1) is 0 Å². The maximum Gasteiger partial charge on any atom is 0.335 e. The third-order valence-corrected chi connectivity index (χ3v) is 3.74. The van der Waals surface area contributed by atoms with Gasteiger partial charge in [0.25, 0.3) is 0 Å². The molecule has 0 bridgehead atoms. The Balaban J connectivity index is 3.13. The van der Waals surface area contributed by atoms with Gasteiger partial charge in [0.2, 0.25) is 0 Å². The third-order valence-electron chi connectivity index (χ3n) is 2.11. The number of benzene rings is 1. The van der Waals surface area contributed by atoms with Crippen molar-refractivity contribution in [1.29, 1.82) is 0 Å². The highest BCUT2D eigenvalue weighted by Gasteiger charge is 2.14. The summed E-state index contributed by atoms with van der Waals surface area (Å²) in [6.07, 6.45) is 0. The second kappa shape index (κ2) is 4.61. The van der Waals surface area contributed by atoms with Gasteiger partial charge in [0.05, 0.1) is 11.3 Å². The fraction of sp³-hybridized carbons (Fsp3) is 0.300. The molecule has 6 heteroatoms. The van der Waals surface area contributed by atoms with Gasteiger partial charge in [0, 0.05) is 11.3 Å². The Morgan fingerprint density at radius 3 is 2.56 bits per heavy atom. The number of halogens is 1. The topological polar surface area (TPSA) is 71.4 Å². The minimum absolute atomic E-state index is 0.107. The highest BCUT2D eigenvalue weighted by Crippen LogP contribution is 2.14. The first-order valence-corrected chi connectivity index (χ1v) is 6.40. The number of hydrogen-bond acceptors (Lipinski definition) is 3. The van der Waals surface area contributed by atoms with Crippen molar-refractivity contribution in [3.05, 3.63) is 35.1 Å². The zero-order valence-electron chi connectivity index (χ0n) is 8.60. The minimum atomic E-state index is -3.37. The standard InChI is InChI=1S/C10H11FO4S/c1-2-16(14,15)6-8-5-7(10(12)13)3-4-9(8)11/h3-5H,2,6H2,1H3,(H,12,13). The maximum absolute atomic E-state index is 13.2. The van der Waals surface area contributed by atoms with Gasteiger partial charge in [-0.25, -0.2) is 17.6 Å². The number of aromatic carboxylic acids is 1. The van der Waals surface area contributed by atoms with Crippen LogP contribution in [-0.2, 0) is 15.6 Å². The Kier molecular flexibility index (Phi) is 3.64. The van der Waals surface area contributed by atoms with Crippen molar-refractivity contribution in [2.75, 3.05) is 5.75 Å². The van der Waals surface area contributed by atoms with Crippen LogP contribution in [-0.4, -0.2) is 25.2 Å². The van der Waals surface area contributed by atoms with E-state index in [9.17, 15) is 17.6 Å². The summed E-state index contributed by atoms with van der Waals surface area (Å²) in [5.74, 6) is -2.50. The van der Waals surface area contributed by atoms with E-state index in [4.69, 9.17) is 5.11 Å². The van der Waals surface area contributed by atoms with E-state index in [0.29, 0.717) is 0 Å². The molecule has 0 atom stereocenters. The Hall–Kier alpha value is -1.43. The van der Waals surface area contributed by atoms with Crippen LogP contribution in [0, 0.1) is 5.82 Å². The predicted molar refractivity (Wildman–Crippen MR) is 56.5 cm³/mol. The highest BCUT2D eigenvalue weighted by molar-refractivity contribution is 7.90. The van der Waals surface area contributed by atoms with Crippen LogP contribution < -0.4 is 0 Å².